The van der Waals surface area contributed by atoms with Crippen LogP contribution in [0.3, 0.4) is 0 Å². The van der Waals surface area contributed by atoms with Gasteiger partial charge in [0.2, 0.25) is 0 Å². The highest BCUT2D eigenvalue weighted by Gasteiger charge is 2.24. The Balaban J connectivity index is 1.83. The zero-order chi connectivity index (χ0) is 22.1. The highest BCUT2D eigenvalue weighted by molar-refractivity contribution is 6.35. The van der Waals surface area contributed by atoms with Gasteiger partial charge in [-0.05, 0) is 50.1 Å². The van der Waals surface area contributed by atoms with Crippen LogP contribution in [0.4, 0.5) is 15.3 Å². The van der Waals surface area contributed by atoms with Gasteiger partial charge in [0.05, 0.1) is 27.7 Å². The Labute approximate surface area is 182 Å². The molecular formula is C21H20ClN5O4. The lowest BCUT2D eigenvalue weighted by Gasteiger charge is -2.19. The van der Waals surface area contributed by atoms with E-state index >= 15 is 0 Å². The average Bonchev–Trinajstić information content (AvgIpc) is 3.51. The largest absolute Gasteiger partial charge is 0.465 e. The van der Waals surface area contributed by atoms with Crippen molar-refractivity contribution < 1.29 is 14.7 Å². The number of aromatic nitrogens is 2. The van der Waals surface area contributed by atoms with Crippen molar-refractivity contribution in [2.45, 2.75) is 31.8 Å². The summed E-state index contributed by atoms with van der Waals surface area (Å²) in [5.41, 5.74) is 0.814. The molecular weight excluding hydrogens is 422 g/mol. The maximum absolute atomic E-state index is 13.4. The number of halogens is 1. The molecule has 1 saturated carbocycles. The van der Waals surface area contributed by atoms with Crippen molar-refractivity contribution in [2.24, 2.45) is 0 Å². The number of hydrogen-bond acceptors (Lipinski definition) is 4. The molecule has 0 spiro atoms. The fourth-order valence-corrected chi connectivity index (χ4v) is 3.55. The summed E-state index contributed by atoms with van der Waals surface area (Å²) in [6, 6.07) is 10.7. The van der Waals surface area contributed by atoms with Crippen LogP contribution in [-0.4, -0.2) is 32.8 Å². The number of rotatable bonds is 5. The summed E-state index contributed by atoms with van der Waals surface area (Å²) in [4.78, 5) is 41.2. The monoisotopic (exact) mass is 441 g/mol. The molecule has 9 nitrogen and oxygen atoms in total. The molecule has 3 amide bonds. The lowest BCUT2D eigenvalue weighted by molar-refractivity contribution is 0.190. The SMILES string of the molecule is CC(NC(=O)O)c1nc2cccc(Cl)c2c(=O)n1-c1cccc(NC(=O)NC2CC2)c1. The van der Waals surface area contributed by atoms with E-state index in [4.69, 9.17) is 16.7 Å². The molecule has 1 unspecified atom stereocenters. The van der Waals surface area contributed by atoms with Gasteiger partial charge in [-0.3, -0.25) is 9.36 Å². The van der Waals surface area contributed by atoms with Gasteiger partial charge < -0.3 is 21.1 Å². The number of carbonyl (C=O) groups excluding carboxylic acids is 1. The molecule has 160 valence electrons. The molecule has 0 bridgehead atoms. The van der Waals surface area contributed by atoms with Crippen LogP contribution in [0.25, 0.3) is 16.6 Å². The van der Waals surface area contributed by atoms with E-state index in [2.05, 4.69) is 20.9 Å². The average molecular weight is 442 g/mol. The molecule has 1 heterocycles. The summed E-state index contributed by atoms with van der Waals surface area (Å²) in [5.74, 6) is 0.196. The molecule has 0 aliphatic heterocycles. The zero-order valence-corrected chi connectivity index (χ0v) is 17.3. The van der Waals surface area contributed by atoms with Crippen LogP contribution in [0.15, 0.2) is 47.3 Å². The highest BCUT2D eigenvalue weighted by atomic mass is 35.5. The van der Waals surface area contributed by atoms with Gasteiger partial charge in [-0.15, -0.1) is 0 Å². The summed E-state index contributed by atoms with van der Waals surface area (Å²) in [5, 5.41) is 17.5. The molecule has 1 aromatic heterocycles. The van der Waals surface area contributed by atoms with E-state index in [0.717, 1.165) is 12.8 Å². The lowest BCUT2D eigenvalue weighted by atomic mass is 10.2. The van der Waals surface area contributed by atoms with Crippen molar-refractivity contribution in [3.05, 3.63) is 63.7 Å². The number of nitrogens with zero attached hydrogens (tertiary/aromatic N) is 2. The van der Waals surface area contributed by atoms with Gasteiger partial charge >= 0.3 is 12.1 Å². The van der Waals surface area contributed by atoms with E-state index in [1.165, 1.54) is 4.57 Å². The third kappa shape index (κ3) is 4.46. The number of amides is 3. The lowest BCUT2D eigenvalue weighted by Crippen LogP contribution is -2.32. The molecule has 1 atom stereocenters. The van der Waals surface area contributed by atoms with E-state index < -0.39 is 17.7 Å². The third-order valence-electron chi connectivity index (χ3n) is 4.87. The van der Waals surface area contributed by atoms with Crippen molar-refractivity contribution in [1.82, 2.24) is 20.2 Å². The second kappa shape index (κ2) is 8.27. The quantitative estimate of drug-likeness (QED) is 0.481. The minimum Gasteiger partial charge on any atom is -0.465 e. The maximum atomic E-state index is 13.4. The van der Waals surface area contributed by atoms with Gasteiger partial charge in [0.25, 0.3) is 5.56 Å². The molecule has 0 saturated heterocycles. The summed E-state index contributed by atoms with van der Waals surface area (Å²) >= 11 is 6.26. The number of carboxylic acid groups (broad SMARTS) is 1. The Morgan fingerprint density at radius 1 is 1.23 bits per heavy atom. The Morgan fingerprint density at radius 2 is 1.97 bits per heavy atom. The first-order valence-corrected chi connectivity index (χ1v) is 10.1. The molecule has 10 heteroatoms. The molecule has 1 aliphatic carbocycles. The number of carbonyl (C=O) groups is 2. The number of anilines is 1. The first kappa shape index (κ1) is 20.7. The van der Waals surface area contributed by atoms with Crippen LogP contribution in [-0.2, 0) is 0 Å². The van der Waals surface area contributed by atoms with Crippen molar-refractivity contribution >= 4 is 40.3 Å². The smallest absolute Gasteiger partial charge is 0.405 e. The van der Waals surface area contributed by atoms with Gasteiger partial charge in [-0.1, -0.05) is 23.7 Å². The Kier molecular flexibility index (Phi) is 5.51. The molecule has 4 rings (SSSR count). The maximum Gasteiger partial charge on any atom is 0.405 e. The van der Waals surface area contributed by atoms with Gasteiger partial charge in [-0.25, -0.2) is 14.6 Å². The zero-order valence-electron chi connectivity index (χ0n) is 16.6. The molecule has 0 radical (unpaired) electrons. The van der Waals surface area contributed by atoms with Gasteiger partial charge in [0.1, 0.15) is 5.82 Å². The fraction of sp³-hybridized carbons (Fsp3) is 0.238. The van der Waals surface area contributed by atoms with Crippen LogP contribution in [0.1, 0.15) is 31.6 Å². The second-order valence-electron chi connectivity index (χ2n) is 7.34. The van der Waals surface area contributed by atoms with Gasteiger partial charge in [0.15, 0.2) is 0 Å². The fourth-order valence-electron chi connectivity index (χ4n) is 3.30. The third-order valence-corrected chi connectivity index (χ3v) is 5.19. The first-order valence-electron chi connectivity index (χ1n) is 9.72. The number of benzene rings is 2. The number of hydrogen-bond donors (Lipinski definition) is 4. The second-order valence-corrected chi connectivity index (χ2v) is 7.75. The summed E-state index contributed by atoms with van der Waals surface area (Å²) in [6.45, 7) is 1.59. The predicted octanol–water partition coefficient (Wildman–Crippen LogP) is 3.65. The minimum absolute atomic E-state index is 0.196. The molecule has 2 aromatic carbocycles. The van der Waals surface area contributed by atoms with E-state index in [-0.39, 0.29) is 28.3 Å². The highest BCUT2D eigenvalue weighted by Crippen LogP contribution is 2.24. The standard InChI is InChI=1S/C21H20ClN5O4/c1-11(23-21(30)31)18-26-16-7-3-6-15(22)17(16)19(28)27(18)14-5-2-4-13(10-14)25-20(29)24-12-8-9-12/h2-7,10-12,23H,8-9H2,1H3,(H,30,31)(H2,24,25,29). The topological polar surface area (TPSA) is 125 Å². The number of urea groups is 1. The summed E-state index contributed by atoms with van der Waals surface area (Å²) in [7, 11) is 0. The van der Waals surface area contributed by atoms with Crippen LogP contribution in [0.2, 0.25) is 5.02 Å². The Morgan fingerprint density at radius 3 is 2.68 bits per heavy atom. The Hall–Kier alpha value is -3.59. The van der Waals surface area contributed by atoms with E-state index in [1.807, 2.05) is 0 Å². The number of fused-ring (bicyclic) bond motifs is 1. The van der Waals surface area contributed by atoms with Crippen LogP contribution >= 0.6 is 11.6 Å². The minimum atomic E-state index is -1.24. The summed E-state index contributed by atoms with van der Waals surface area (Å²) in [6.07, 6.45) is 0.681. The van der Waals surface area contributed by atoms with Crippen molar-refractivity contribution in [3.8, 4) is 5.69 Å². The first-order chi connectivity index (χ1) is 14.8. The molecule has 1 fully saturated rings. The molecule has 1 aliphatic rings. The predicted molar refractivity (Wildman–Crippen MR) is 117 cm³/mol. The van der Waals surface area contributed by atoms with Crippen LogP contribution in [0.5, 0.6) is 0 Å². The van der Waals surface area contributed by atoms with E-state index in [9.17, 15) is 14.4 Å². The molecule has 3 aromatic rings. The van der Waals surface area contributed by atoms with Gasteiger partial charge in [0, 0.05) is 11.7 Å². The van der Waals surface area contributed by atoms with Crippen molar-refractivity contribution in [3.63, 3.8) is 0 Å². The van der Waals surface area contributed by atoms with E-state index in [0.29, 0.717) is 16.9 Å². The molecule has 4 N–H and O–H groups in total. The normalized spacial score (nSPS) is 14.1. The van der Waals surface area contributed by atoms with Crippen molar-refractivity contribution in [1.29, 1.82) is 0 Å². The van der Waals surface area contributed by atoms with Crippen LogP contribution < -0.4 is 21.5 Å². The van der Waals surface area contributed by atoms with Crippen LogP contribution in [0, 0.1) is 0 Å². The van der Waals surface area contributed by atoms with Gasteiger partial charge in [-0.2, -0.15) is 0 Å². The Bertz CT molecular complexity index is 1240. The summed E-state index contributed by atoms with van der Waals surface area (Å²) < 4.78 is 1.30. The van der Waals surface area contributed by atoms with Crippen molar-refractivity contribution in [2.75, 3.05) is 5.32 Å². The van der Waals surface area contributed by atoms with E-state index in [1.54, 1.807) is 49.4 Å². The number of nitrogens with one attached hydrogen (secondary N) is 3. The molecule has 31 heavy (non-hydrogen) atoms.